The highest BCUT2D eigenvalue weighted by atomic mass is 16.5. The number of carbonyl (C=O) groups is 1. The molecule has 0 N–H and O–H groups in total. The van der Waals surface area contributed by atoms with Crippen molar-refractivity contribution in [3.63, 3.8) is 0 Å². The summed E-state index contributed by atoms with van der Waals surface area (Å²) in [6.07, 6.45) is 0.270. The molecule has 0 unspecified atom stereocenters. The Labute approximate surface area is 177 Å². The molecule has 0 radical (unpaired) electrons. The first-order valence-corrected chi connectivity index (χ1v) is 9.88. The molecule has 0 atom stereocenters. The molecule has 3 rings (SSSR count). The Bertz CT molecular complexity index is 968. The minimum absolute atomic E-state index is 0.159. The summed E-state index contributed by atoms with van der Waals surface area (Å²) in [6.45, 7) is 1.48. The summed E-state index contributed by atoms with van der Waals surface area (Å²) in [4.78, 5) is 14.9. The van der Waals surface area contributed by atoms with Gasteiger partial charge in [0.25, 0.3) is 5.91 Å². The minimum Gasteiger partial charge on any atom is -0.490 e. The van der Waals surface area contributed by atoms with E-state index in [1.165, 1.54) is 0 Å². The van der Waals surface area contributed by atoms with Gasteiger partial charge in [-0.2, -0.15) is 5.26 Å². The molecule has 0 aromatic heterocycles. The summed E-state index contributed by atoms with van der Waals surface area (Å²) < 4.78 is 11.5. The zero-order valence-electron chi connectivity index (χ0n) is 16.7. The van der Waals surface area contributed by atoms with Crippen LogP contribution in [0.3, 0.4) is 0 Å². The van der Waals surface area contributed by atoms with Crippen molar-refractivity contribution in [3.8, 4) is 17.6 Å². The largest absolute Gasteiger partial charge is 0.490 e. The van der Waals surface area contributed by atoms with Gasteiger partial charge in [-0.05, 0) is 29.8 Å². The number of ether oxygens (including phenoxy) is 2. The molecule has 1 amide bonds. The quantitative estimate of drug-likeness (QED) is 0.463. The molecule has 0 aliphatic rings. The molecule has 0 spiro atoms. The van der Waals surface area contributed by atoms with Gasteiger partial charge in [0, 0.05) is 13.1 Å². The van der Waals surface area contributed by atoms with Crippen LogP contribution in [0.15, 0.2) is 84.9 Å². The fourth-order valence-electron chi connectivity index (χ4n) is 3.01. The Morgan fingerprint density at radius 1 is 0.833 bits per heavy atom. The maximum atomic E-state index is 13.2. The fourth-order valence-corrected chi connectivity index (χ4v) is 3.01. The van der Waals surface area contributed by atoms with E-state index in [4.69, 9.17) is 14.7 Å². The van der Waals surface area contributed by atoms with E-state index < -0.39 is 0 Å². The van der Waals surface area contributed by atoms with E-state index in [1.807, 2.05) is 72.8 Å². The summed E-state index contributed by atoms with van der Waals surface area (Å²) in [5.41, 5.74) is 1.49. The van der Waals surface area contributed by atoms with Crippen molar-refractivity contribution in [2.45, 2.75) is 13.0 Å². The van der Waals surface area contributed by atoms with Gasteiger partial charge < -0.3 is 14.4 Å². The molecule has 0 heterocycles. The predicted octanol–water partition coefficient (Wildman–Crippen LogP) is 4.70. The first-order chi connectivity index (χ1) is 14.8. The molecule has 0 aliphatic heterocycles. The number of hydrogen-bond acceptors (Lipinski definition) is 4. The van der Waals surface area contributed by atoms with E-state index in [2.05, 4.69) is 6.07 Å². The molecule has 152 valence electrons. The van der Waals surface area contributed by atoms with Crippen molar-refractivity contribution in [3.05, 3.63) is 96.1 Å². The van der Waals surface area contributed by atoms with Crippen LogP contribution in [-0.4, -0.2) is 30.6 Å². The van der Waals surface area contributed by atoms with E-state index in [0.29, 0.717) is 37.6 Å². The van der Waals surface area contributed by atoms with Crippen molar-refractivity contribution in [2.24, 2.45) is 0 Å². The lowest BCUT2D eigenvalue weighted by Crippen LogP contribution is -2.31. The second-order valence-electron chi connectivity index (χ2n) is 6.63. The van der Waals surface area contributed by atoms with Crippen LogP contribution in [0.5, 0.6) is 11.5 Å². The van der Waals surface area contributed by atoms with E-state index in [9.17, 15) is 4.79 Å². The summed E-state index contributed by atoms with van der Waals surface area (Å²) in [5.74, 6) is 1.12. The smallest absolute Gasteiger partial charge is 0.257 e. The molecule has 0 saturated heterocycles. The molecule has 0 bridgehead atoms. The molecule has 5 heteroatoms. The number of nitrogens with zero attached hydrogens (tertiary/aromatic N) is 2. The van der Waals surface area contributed by atoms with Gasteiger partial charge in [0.05, 0.1) is 18.1 Å². The number of carbonyl (C=O) groups excluding carboxylic acids is 1. The molecule has 30 heavy (non-hydrogen) atoms. The Kier molecular flexibility index (Phi) is 7.87. The maximum absolute atomic E-state index is 13.2. The first-order valence-electron chi connectivity index (χ1n) is 9.88. The van der Waals surface area contributed by atoms with Gasteiger partial charge in [-0.1, -0.05) is 60.7 Å². The standard InChI is InChI=1S/C25H24N2O3/c26-16-9-17-27(20-21-10-3-1-4-11-21)25(28)23-14-7-8-15-24(23)30-19-18-29-22-12-5-2-6-13-22/h1-8,10-15H,9,17-20H2. The monoisotopic (exact) mass is 400 g/mol. The van der Waals surface area contributed by atoms with Crippen LogP contribution < -0.4 is 9.47 Å². The van der Waals surface area contributed by atoms with Crippen molar-refractivity contribution in [1.82, 2.24) is 4.90 Å². The average Bonchev–Trinajstić information content (AvgIpc) is 2.80. The lowest BCUT2D eigenvalue weighted by atomic mass is 10.1. The number of hydrogen-bond donors (Lipinski definition) is 0. The topological polar surface area (TPSA) is 62.6 Å². The zero-order chi connectivity index (χ0) is 21.0. The van der Waals surface area contributed by atoms with Crippen LogP contribution in [0.4, 0.5) is 0 Å². The van der Waals surface area contributed by atoms with E-state index in [1.54, 1.807) is 17.0 Å². The Balaban J connectivity index is 1.66. The van der Waals surface area contributed by atoms with E-state index in [-0.39, 0.29) is 12.3 Å². The molecule has 0 saturated carbocycles. The van der Waals surface area contributed by atoms with Crippen molar-refractivity contribution >= 4 is 5.91 Å². The van der Waals surface area contributed by atoms with Crippen molar-refractivity contribution < 1.29 is 14.3 Å². The lowest BCUT2D eigenvalue weighted by molar-refractivity contribution is 0.0741. The van der Waals surface area contributed by atoms with Crippen molar-refractivity contribution in [1.29, 1.82) is 5.26 Å². The second kappa shape index (κ2) is 11.3. The molecule has 3 aromatic rings. The number of para-hydroxylation sites is 2. The summed E-state index contributed by atoms with van der Waals surface area (Å²) in [7, 11) is 0. The Morgan fingerprint density at radius 2 is 1.47 bits per heavy atom. The number of amides is 1. The molecular formula is C25H24N2O3. The highest BCUT2D eigenvalue weighted by Crippen LogP contribution is 2.21. The third-order valence-corrected chi connectivity index (χ3v) is 4.47. The fraction of sp³-hybridized carbons (Fsp3) is 0.200. The molecule has 3 aromatic carbocycles. The molecule has 0 fully saturated rings. The van der Waals surface area contributed by atoms with Gasteiger partial charge in [-0.25, -0.2) is 0 Å². The highest BCUT2D eigenvalue weighted by molar-refractivity contribution is 5.97. The van der Waals surface area contributed by atoms with Gasteiger partial charge in [-0.3, -0.25) is 4.79 Å². The Hall–Kier alpha value is -3.78. The van der Waals surface area contributed by atoms with Crippen LogP contribution in [-0.2, 0) is 6.54 Å². The zero-order valence-corrected chi connectivity index (χ0v) is 16.7. The van der Waals surface area contributed by atoms with E-state index in [0.717, 1.165) is 11.3 Å². The third-order valence-electron chi connectivity index (χ3n) is 4.47. The van der Waals surface area contributed by atoms with Gasteiger partial charge in [-0.15, -0.1) is 0 Å². The van der Waals surface area contributed by atoms with Crippen LogP contribution in [0.25, 0.3) is 0 Å². The third kappa shape index (κ3) is 6.11. The number of nitriles is 1. The van der Waals surface area contributed by atoms with Gasteiger partial charge in [0.15, 0.2) is 0 Å². The first kappa shape index (κ1) is 20.9. The lowest BCUT2D eigenvalue weighted by Gasteiger charge is -2.23. The Morgan fingerprint density at radius 3 is 2.20 bits per heavy atom. The number of rotatable bonds is 10. The van der Waals surface area contributed by atoms with Crippen LogP contribution in [0.1, 0.15) is 22.3 Å². The average molecular weight is 400 g/mol. The minimum atomic E-state index is -0.159. The van der Waals surface area contributed by atoms with Gasteiger partial charge in [0.2, 0.25) is 0 Å². The van der Waals surface area contributed by atoms with Crippen LogP contribution in [0.2, 0.25) is 0 Å². The maximum Gasteiger partial charge on any atom is 0.257 e. The van der Waals surface area contributed by atoms with E-state index >= 15 is 0 Å². The summed E-state index contributed by atoms with van der Waals surface area (Å²) in [5, 5.41) is 9.00. The highest BCUT2D eigenvalue weighted by Gasteiger charge is 2.19. The molecular weight excluding hydrogens is 376 g/mol. The predicted molar refractivity (Wildman–Crippen MR) is 115 cm³/mol. The normalized spacial score (nSPS) is 10.1. The van der Waals surface area contributed by atoms with Crippen LogP contribution >= 0.6 is 0 Å². The second-order valence-corrected chi connectivity index (χ2v) is 6.63. The summed E-state index contributed by atoms with van der Waals surface area (Å²) >= 11 is 0. The summed E-state index contributed by atoms with van der Waals surface area (Å²) in [6, 6.07) is 28.6. The SMILES string of the molecule is N#CCCN(Cc1ccccc1)C(=O)c1ccccc1OCCOc1ccccc1. The number of benzene rings is 3. The van der Waals surface area contributed by atoms with Gasteiger partial charge >= 0.3 is 0 Å². The van der Waals surface area contributed by atoms with Gasteiger partial charge in [0.1, 0.15) is 24.7 Å². The molecule has 0 aliphatic carbocycles. The van der Waals surface area contributed by atoms with Crippen molar-refractivity contribution in [2.75, 3.05) is 19.8 Å². The molecule has 5 nitrogen and oxygen atoms in total. The van der Waals surface area contributed by atoms with Crippen LogP contribution in [0, 0.1) is 11.3 Å².